The maximum Gasteiger partial charge on any atom is 0.0703 e. The van der Waals surface area contributed by atoms with Gasteiger partial charge in [0.25, 0.3) is 0 Å². The highest BCUT2D eigenvalue weighted by Gasteiger charge is 2.46. The summed E-state index contributed by atoms with van der Waals surface area (Å²) in [6.45, 7) is 0.886. The Morgan fingerprint density at radius 1 is 1.31 bits per heavy atom. The molecule has 2 fully saturated rings. The van der Waals surface area contributed by atoms with E-state index in [1.54, 1.807) is 0 Å². The molecule has 2 aliphatic rings. The highest BCUT2D eigenvalue weighted by molar-refractivity contribution is 5.28. The van der Waals surface area contributed by atoms with Crippen molar-refractivity contribution in [3.63, 3.8) is 0 Å². The molecule has 2 nitrogen and oxygen atoms in total. The molecule has 0 spiro atoms. The Kier molecular flexibility index (Phi) is 2.22. The predicted octanol–water partition coefficient (Wildman–Crippen LogP) is 2.44. The fourth-order valence-corrected chi connectivity index (χ4v) is 2.29. The second kappa shape index (κ2) is 3.61. The van der Waals surface area contributed by atoms with Crippen LogP contribution in [0.3, 0.4) is 0 Å². The van der Waals surface area contributed by atoms with Gasteiger partial charge < -0.3 is 5.32 Å². The zero-order valence-corrected chi connectivity index (χ0v) is 9.32. The molecule has 1 N–H and O–H groups in total. The van der Waals surface area contributed by atoms with E-state index in [0.717, 1.165) is 19.4 Å². The maximum atomic E-state index is 8.98. The van der Waals surface area contributed by atoms with E-state index in [-0.39, 0.29) is 5.41 Å². The summed E-state index contributed by atoms with van der Waals surface area (Å²) < 4.78 is 0. The van der Waals surface area contributed by atoms with Crippen LogP contribution in [-0.2, 0) is 0 Å². The Morgan fingerprint density at radius 3 is 2.69 bits per heavy atom. The summed E-state index contributed by atoms with van der Waals surface area (Å²) in [6, 6.07) is 13.7. The fraction of sp³-hybridized carbons (Fsp3) is 0.500. The molecule has 0 heterocycles. The van der Waals surface area contributed by atoms with Crippen LogP contribution in [0.1, 0.15) is 30.7 Å². The number of hydrogen-bond donors (Lipinski definition) is 1. The lowest BCUT2D eigenvalue weighted by Crippen LogP contribution is -2.25. The molecule has 2 heteroatoms. The number of rotatable bonds is 4. The van der Waals surface area contributed by atoms with Gasteiger partial charge in [-0.05, 0) is 24.8 Å². The second-order valence-corrected chi connectivity index (χ2v) is 5.13. The first kappa shape index (κ1) is 9.86. The minimum atomic E-state index is -0.0101. The average Bonchev–Trinajstić information content (AvgIpc) is 3.23. The summed E-state index contributed by atoms with van der Waals surface area (Å²) in [7, 11) is 0. The summed E-state index contributed by atoms with van der Waals surface area (Å²) in [4.78, 5) is 0. The third-order valence-electron chi connectivity index (χ3n) is 3.81. The van der Waals surface area contributed by atoms with E-state index < -0.39 is 0 Å². The van der Waals surface area contributed by atoms with Crippen molar-refractivity contribution in [2.75, 3.05) is 6.54 Å². The molecule has 0 aromatic heterocycles. The van der Waals surface area contributed by atoms with Gasteiger partial charge in [-0.25, -0.2) is 0 Å². The third-order valence-corrected chi connectivity index (χ3v) is 3.81. The van der Waals surface area contributed by atoms with Crippen molar-refractivity contribution in [2.45, 2.75) is 31.2 Å². The summed E-state index contributed by atoms with van der Waals surface area (Å²) in [5, 5.41) is 12.5. The molecule has 3 rings (SSSR count). The van der Waals surface area contributed by atoms with Crippen LogP contribution in [0.25, 0.3) is 0 Å². The largest absolute Gasteiger partial charge is 0.312 e. The zero-order chi connectivity index (χ0) is 11.0. The van der Waals surface area contributed by atoms with Crippen molar-refractivity contribution in [1.82, 2.24) is 5.32 Å². The molecule has 2 atom stereocenters. The van der Waals surface area contributed by atoms with Gasteiger partial charge in [0.05, 0.1) is 11.5 Å². The van der Waals surface area contributed by atoms with E-state index in [2.05, 4.69) is 41.7 Å². The van der Waals surface area contributed by atoms with Crippen molar-refractivity contribution >= 4 is 0 Å². The second-order valence-electron chi connectivity index (χ2n) is 5.13. The smallest absolute Gasteiger partial charge is 0.0703 e. The first-order chi connectivity index (χ1) is 7.83. The van der Waals surface area contributed by atoms with Gasteiger partial charge >= 0.3 is 0 Å². The normalized spacial score (nSPS) is 29.4. The molecule has 1 aromatic rings. The van der Waals surface area contributed by atoms with Crippen LogP contribution in [0.2, 0.25) is 0 Å². The van der Waals surface area contributed by atoms with Gasteiger partial charge in [-0.1, -0.05) is 30.3 Å². The SMILES string of the molecule is N#CC1(CNC2C[C@@H]2c2ccccc2)CC1. The number of nitrogens with one attached hydrogen (secondary N) is 1. The molecule has 16 heavy (non-hydrogen) atoms. The first-order valence-corrected chi connectivity index (χ1v) is 6.03. The molecule has 2 aliphatic carbocycles. The molecule has 0 aliphatic heterocycles. The minimum absolute atomic E-state index is 0.0101. The molecule has 82 valence electrons. The highest BCUT2D eigenvalue weighted by Crippen LogP contribution is 2.46. The van der Waals surface area contributed by atoms with E-state index in [4.69, 9.17) is 5.26 Å². The number of benzene rings is 1. The van der Waals surface area contributed by atoms with Gasteiger partial charge in [0.2, 0.25) is 0 Å². The Morgan fingerprint density at radius 2 is 2.06 bits per heavy atom. The van der Waals surface area contributed by atoms with E-state index in [9.17, 15) is 0 Å². The molecule has 0 saturated heterocycles. The standard InChI is InChI=1S/C14H16N2/c15-9-14(6-7-14)10-16-13-8-12(13)11-4-2-1-3-5-11/h1-5,12-13,16H,6-8,10H2/t12-,13?/m1/s1. The Bertz CT molecular complexity index is 414. The quantitative estimate of drug-likeness (QED) is 0.832. The summed E-state index contributed by atoms with van der Waals surface area (Å²) in [5.41, 5.74) is 1.42. The van der Waals surface area contributed by atoms with Crippen LogP contribution >= 0.6 is 0 Å². The summed E-state index contributed by atoms with van der Waals surface area (Å²) >= 11 is 0. The van der Waals surface area contributed by atoms with Gasteiger partial charge in [-0.2, -0.15) is 5.26 Å². The topological polar surface area (TPSA) is 35.8 Å². The summed E-state index contributed by atoms with van der Waals surface area (Å²) in [6.07, 6.45) is 3.39. The highest BCUT2D eigenvalue weighted by atomic mass is 15.0. The average molecular weight is 212 g/mol. The molecule has 2 saturated carbocycles. The van der Waals surface area contributed by atoms with Crippen molar-refractivity contribution < 1.29 is 0 Å². The Hall–Kier alpha value is -1.33. The van der Waals surface area contributed by atoms with Crippen LogP contribution < -0.4 is 5.32 Å². The maximum absolute atomic E-state index is 8.98. The van der Waals surface area contributed by atoms with Crippen molar-refractivity contribution in [3.05, 3.63) is 35.9 Å². The monoisotopic (exact) mass is 212 g/mol. The molecule has 0 bridgehead atoms. The molecule has 0 amide bonds. The van der Waals surface area contributed by atoms with Gasteiger partial charge in [-0.15, -0.1) is 0 Å². The molecular formula is C14H16N2. The van der Waals surface area contributed by atoms with Crippen LogP contribution in [0, 0.1) is 16.7 Å². The lowest BCUT2D eigenvalue weighted by Gasteiger charge is -2.07. The molecule has 1 aromatic carbocycles. The molecular weight excluding hydrogens is 196 g/mol. The predicted molar refractivity (Wildman–Crippen MR) is 62.9 cm³/mol. The van der Waals surface area contributed by atoms with Gasteiger partial charge in [-0.3, -0.25) is 0 Å². The minimum Gasteiger partial charge on any atom is -0.312 e. The first-order valence-electron chi connectivity index (χ1n) is 6.03. The van der Waals surface area contributed by atoms with Crippen molar-refractivity contribution in [1.29, 1.82) is 5.26 Å². The van der Waals surface area contributed by atoms with Gasteiger partial charge in [0.15, 0.2) is 0 Å². The zero-order valence-electron chi connectivity index (χ0n) is 9.32. The summed E-state index contributed by atoms with van der Waals surface area (Å²) in [5.74, 6) is 0.677. The van der Waals surface area contributed by atoms with Crippen molar-refractivity contribution in [3.8, 4) is 6.07 Å². The number of hydrogen-bond acceptors (Lipinski definition) is 2. The van der Waals surface area contributed by atoms with Gasteiger partial charge in [0.1, 0.15) is 0 Å². The van der Waals surface area contributed by atoms with E-state index in [1.807, 2.05) is 0 Å². The van der Waals surface area contributed by atoms with E-state index >= 15 is 0 Å². The number of nitriles is 1. The van der Waals surface area contributed by atoms with Gasteiger partial charge in [0, 0.05) is 18.5 Å². The van der Waals surface area contributed by atoms with E-state index in [0.29, 0.717) is 12.0 Å². The van der Waals surface area contributed by atoms with Crippen LogP contribution in [-0.4, -0.2) is 12.6 Å². The van der Waals surface area contributed by atoms with E-state index in [1.165, 1.54) is 12.0 Å². The number of nitrogens with zero attached hydrogens (tertiary/aromatic N) is 1. The van der Waals surface area contributed by atoms with Crippen molar-refractivity contribution in [2.24, 2.45) is 5.41 Å². The van der Waals surface area contributed by atoms with Crippen LogP contribution in [0.15, 0.2) is 30.3 Å². The third kappa shape index (κ3) is 1.83. The Balaban J connectivity index is 1.52. The Labute approximate surface area is 96.3 Å². The van der Waals surface area contributed by atoms with Crippen LogP contribution in [0.5, 0.6) is 0 Å². The lowest BCUT2D eigenvalue weighted by atomic mass is 10.1. The fourth-order valence-electron chi connectivity index (χ4n) is 2.29. The molecule has 0 radical (unpaired) electrons. The van der Waals surface area contributed by atoms with Crippen LogP contribution in [0.4, 0.5) is 0 Å². The molecule has 1 unspecified atom stereocenters. The lowest BCUT2D eigenvalue weighted by molar-refractivity contribution is 0.550.